The summed E-state index contributed by atoms with van der Waals surface area (Å²) in [5, 5.41) is 1.19. The molecule has 0 aliphatic carbocycles. The van der Waals surface area contributed by atoms with E-state index in [-0.39, 0.29) is 0 Å². The highest BCUT2D eigenvalue weighted by Crippen LogP contribution is 2.22. The predicted octanol–water partition coefficient (Wildman–Crippen LogP) is 2.79. The number of H-pyrrole nitrogens is 2. The van der Waals surface area contributed by atoms with E-state index in [9.17, 15) is 4.79 Å². The van der Waals surface area contributed by atoms with E-state index in [1.807, 2.05) is 6.07 Å². The van der Waals surface area contributed by atoms with E-state index >= 15 is 0 Å². The number of rotatable bonds is 3. The molecular formula is C15H15N3O. The second-order valence-electron chi connectivity index (χ2n) is 4.79. The van der Waals surface area contributed by atoms with Gasteiger partial charge in [0.05, 0.1) is 11.4 Å². The van der Waals surface area contributed by atoms with Crippen molar-refractivity contribution < 1.29 is 4.79 Å². The number of carbonyl (C=O) groups is 1. The zero-order chi connectivity index (χ0) is 13.4. The largest absolute Gasteiger partial charge is 0.397 e. The summed E-state index contributed by atoms with van der Waals surface area (Å²) >= 11 is 0. The number of aryl methyl sites for hydroxylation is 1. The van der Waals surface area contributed by atoms with Gasteiger partial charge in [0.25, 0.3) is 0 Å². The van der Waals surface area contributed by atoms with E-state index in [4.69, 9.17) is 5.73 Å². The number of nitrogens with one attached hydrogen (secondary N) is 2. The standard InChI is InChI=1S/C15H15N3O/c1-9-3-2-4-10-5-11(18-15(9)10)7-14-13(16)6-12(8-19)17-14/h2-6,8,17-18H,7,16H2,1H3. The van der Waals surface area contributed by atoms with Crippen LogP contribution in [0.15, 0.2) is 30.3 Å². The first-order valence-corrected chi connectivity index (χ1v) is 6.17. The maximum atomic E-state index is 10.7. The van der Waals surface area contributed by atoms with Crippen LogP contribution in [0.4, 0.5) is 5.69 Å². The van der Waals surface area contributed by atoms with Crippen LogP contribution in [0, 0.1) is 6.92 Å². The van der Waals surface area contributed by atoms with Crippen LogP contribution in [-0.2, 0) is 6.42 Å². The van der Waals surface area contributed by atoms with Gasteiger partial charge < -0.3 is 15.7 Å². The molecule has 19 heavy (non-hydrogen) atoms. The Bertz CT molecular complexity index is 752. The van der Waals surface area contributed by atoms with E-state index in [1.54, 1.807) is 6.07 Å². The normalized spacial score (nSPS) is 11.0. The fraction of sp³-hybridized carbons (Fsp3) is 0.133. The first kappa shape index (κ1) is 11.6. The number of hydrogen-bond acceptors (Lipinski definition) is 2. The highest BCUT2D eigenvalue weighted by Gasteiger charge is 2.08. The number of benzene rings is 1. The Balaban J connectivity index is 1.98. The molecule has 0 spiro atoms. The van der Waals surface area contributed by atoms with Crippen LogP contribution in [-0.4, -0.2) is 16.3 Å². The van der Waals surface area contributed by atoms with Crippen molar-refractivity contribution in [3.05, 3.63) is 53.0 Å². The number of fused-ring (bicyclic) bond motifs is 1. The fourth-order valence-corrected chi connectivity index (χ4v) is 2.40. The number of aromatic nitrogens is 2. The highest BCUT2D eigenvalue weighted by atomic mass is 16.1. The van der Waals surface area contributed by atoms with Crippen molar-refractivity contribution in [2.75, 3.05) is 5.73 Å². The molecule has 96 valence electrons. The Morgan fingerprint density at radius 2 is 2.11 bits per heavy atom. The van der Waals surface area contributed by atoms with Gasteiger partial charge in [0, 0.05) is 23.3 Å². The minimum absolute atomic E-state index is 0.514. The SMILES string of the molecule is Cc1cccc2cc(Cc3[nH]c(C=O)cc3N)[nH]c12. The van der Waals surface area contributed by atoms with Crippen molar-refractivity contribution in [3.8, 4) is 0 Å². The lowest BCUT2D eigenvalue weighted by atomic mass is 10.1. The third kappa shape index (κ3) is 2.01. The number of para-hydroxylation sites is 1. The molecule has 3 aromatic rings. The molecule has 0 unspecified atom stereocenters. The van der Waals surface area contributed by atoms with Crippen LogP contribution >= 0.6 is 0 Å². The zero-order valence-corrected chi connectivity index (χ0v) is 10.7. The fourth-order valence-electron chi connectivity index (χ4n) is 2.40. The monoisotopic (exact) mass is 253 g/mol. The molecule has 0 saturated heterocycles. The molecule has 4 heteroatoms. The summed E-state index contributed by atoms with van der Waals surface area (Å²) in [6.45, 7) is 2.08. The maximum absolute atomic E-state index is 10.7. The molecule has 0 bridgehead atoms. The van der Waals surface area contributed by atoms with Gasteiger partial charge in [-0.25, -0.2) is 0 Å². The Morgan fingerprint density at radius 1 is 1.26 bits per heavy atom. The molecule has 0 saturated carbocycles. The molecule has 2 aromatic heterocycles. The van der Waals surface area contributed by atoms with Gasteiger partial charge in [-0.1, -0.05) is 18.2 Å². The number of nitrogens with two attached hydrogens (primary N) is 1. The Labute approximate surface area is 110 Å². The number of nitrogen functional groups attached to an aromatic ring is 1. The van der Waals surface area contributed by atoms with Gasteiger partial charge in [-0.2, -0.15) is 0 Å². The lowest BCUT2D eigenvalue weighted by molar-refractivity contribution is 0.111. The average molecular weight is 253 g/mol. The van der Waals surface area contributed by atoms with Crippen LogP contribution in [0.1, 0.15) is 27.4 Å². The predicted molar refractivity (Wildman–Crippen MR) is 76.4 cm³/mol. The molecule has 3 rings (SSSR count). The van der Waals surface area contributed by atoms with Crippen LogP contribution in [0.3, 0.4) is 0 Å². The molecule has 0 aliphatic rings. The van der Waals surface area contributed by atoms with Crippen molar-refractivity contribution in [2.45, 2.75) is 13.3 Å². The minimum Gasteiger partial charge on any atom is -0.397 e. The first-order valence-electron chi connectivity index (χ1n) is 6.17. The van der Waals surface area contributed by atoms with Gasteiger partial charge in [-0.3, -0.25) is 4.79 Å². The van der Waals surface area contributed by atoms with E-state index in [2.05, 4.69) is 35.1 Å². The second kappa shape index (κ2) is 4.31. The van der Waals surface area contributed by atoms with E-state index in [0.717, 1.165) is 23.2 Å². The molecule has 0 atom stereocenters. The van der Waals surface area contributed by atoms with Gasteiger partial charge in [0.15, 0.2) is 6.29 Å². The Hall–Kier alpha value is -2.49. The van der Waals surface area contributed by atoms with E-state index in [0.29, 0.717) is 17.8 Å². The number of hydrogen-bond donors (Lipinski definition) is 3. The molecule has 4 N–H and O–H groups in total. The molecule has 4 nitrogen and oxygen atoms in total. The minimum atomic E-state index is 0.514. The topological polar surface area (TPSA) is 74.7 Å². The van der Waals surface area contributed by atoms with Crippen LogP contribution in [0.2, 0.25) is 0 Å². The van der Waals surface area contributed by atoms with Gasteiger partial charge in [0.2, 0.25) is 0 Å². The smallest absolute Gasteiger partial charge is 0.166 e. The molecule has 0 fully saturated rings. The average Bonchev–Trinajstić information content (AvgIpc) is 2.95. The Morgan fingerprint density at radius 3 is 2.79 bits per heavy atom. The number of aromatic amines is 2. The third-order valence-corrected chi connectivity index (χ3v) is 3.37. The third-order valence-electron chi connectivity index (χ3n) is 3.37. The molecule has 0 radical (unpaired) electrons. The van der Waals surface area contributed by atoms with Gasteiger partial charge in [-0.15, -0.1) is 0 Å². The Kier molecular flexibility index (Phi) is 2.63. The van der Waals surface area contributed by atoms with E-state index < -0.39 is 0 Å². The van der Waals surface area contributed by atoms with Crippen molar-refractivity contribution in [1.82, 2.24) is 9.97 Å². The van der Waals surface area contributed by atoms with Crippen LogP contribution < -0.4 is 5.73 Å². The quantitative estimate of drug-likeness (QED) is 0.628. The van der Waals surface area contributed by atoms with Crippen LogP contribution in [0.25, 0.3) is 10.9 Å². The summed E-state index contributed by atoms with van der Waals surface area (Å²) in [6.07, 6.45) is 1.43. The molecule has 0 amide bonds. The summed E-state index contributed by atoms with van der Waals surface area (Å²) < 4.78 is 0. The lowest BCUT2D eigenvalue weighted by Gasteiger charge is -1.98. The van der Waals surface area contributed by atoms with Crippen molar-refractivity contribution in [3.63, 3.8) is 0 Å². The lowest BCUT2D eigenvalue weighted by Crippen LogP contribution is -1.94. The molecular weight excluding hydrogens is 238 g/mol. The van der Waals surface area contributed by atoms with Crippen LogP contribution in [0.5, 0.6) is 0 Å². The van der Waals surface area contributed by atoms with Gasteiger partial charge in [0.1, 0.15) is 0 Å². The summed E-state index contributed by atoms with van der Waals surface area (Å²) in [5.74, 6) is 0. The molecule has 0 aliphatic heterocycles. The molecule has 1 aromatic carbocycles. The first-order chi connectivity index (χ1) is 9.17. The van der Waals surface area contributed by atoms with Crippen molar-refractivity contribution in [2.24, 2.45) is 0 Å². The second-order valence-corrected chi connectivity index (χ2v) is 4.79. The van der Waals surface area contributed by atoms with Gasteiger partial charge in [-0.05, 0) is 30.0 Å². The molecule has 2 heterocycles. The number of anilines is 1. The number of carbonyl (C=O) groups excluding carboxylic acids is 1. The number of aldehydes is 1. The zero-order valence-electron chi connectivity index (χ0n) is 10.7. The van der Waals surface area contributed by atoms with E-state index in [1.165, 1.54) is 10.9 Å². The summed E-state index contributed by atoms with van der Waals surface area (Å²) in [4.78, 5) is 17.1. The summed E-state index contributed by atoms with van der Waals surface area (Å²) in [5.41, 5.74) is 11.3. The van der Waals surface area contributed by atoms with Crippen molar-refractivity contribution >= 4 is 22.9 Å². The summed E-state index contributed by atoms with van der Waals surface area (Å²) in [7, 11) is 0. The van der Waals surface area contributed by atoms with Gasteiger partial charge >= 0.3 is 0 Å². The summed E-state index contributed by atoms with van der Waals surface area (Å²) in [6, 6.07) is 9.98. The maximum Gasteiger partial charge on any atom is 0.166 e. The highest BCUT2D eigenvalue weighted by molar-refractivity contribution is 5.83. The van der Waals surface area contributed by atoms with Crippen molar-refractivity contribution in [1.29, 1.82) is 0 Å².